The normalized spacial score (nSPS) is 21.3. The molecule has 0 saturated carbocycles. The fourth-order valence-corrected chi connectivity index (χ4v) is 5.98. The Balaban J connectivity index is 1.83. The molecule has 0 radical (unpaired) electrons. The van der Waals surface area contributed by atoms with Gasteiger partial charge in [-0.2, -0.15) is 4.31 Å². The zero-order valence-corrected chi connectivity index (χ0v) is 17.0. The summed E-state index contributed by atoms with van der Waals surface area (Å²) in [6.45, 7) is 6.94. The lowest BCUT2D eigenvalue weighted by molar-refractivity contribution is 0.169. The van der Waals surface area contributed by atoms with Gasteiger partial charge in [-0.25, -0.2) is 8.42 Å². The Labute approximate surface area is 160 Å². The standard InChI is InChI=1S/C18H27N3O5S/c1-4-20-7-9-21(10-8-20)27(22,23)18-13-5-6-19(2)11-14(13)15(24-3)16-17(18)26-12-25-16/h4-12H2,1-3H3. The molecule has 150 valence electrons. The van der Waals surface area contributed by atoms with Gasteiger partial charge in [-0.15, -0.1) is 0 Å². The minimum atomic E-state index is -3.68. The maximum Gasteiger partial charge on any atom is 0.247 e. The van der Waals surface area contributed by atoms with Crippen LogP contribution in [0.1, 0.15) is 18.1 Å². The Bertz CT molecular complexity index is 834. The number of nitrogens with zero attached hydrogens (tertiary/aromatic N) is 3. The molecule has 1 aromatic rings. The Morgan fingerprint density at radius 2 is 1.74 bits per heavy atom. The van der Waals surface area contributed by atoms with Gasteiger partial charge in [0.15, 0.2) is 11.5 Å². The van der Waals surface area contributed by atoms with Crippen LogP contribution in [0.4, 0.5) is 0 Å². The molecule has 3 heterocycles. The van der Waals surface area contributed by atoms with Crippen LogP contribution in [0.3, 0.4) is 0 Å². The number of hydrogen-bond acceptors (Lipinski definition) is 7. The number of hydrogen-bond donors (Lipinski definition) is 0. The third-order valence-electron chi connectivity index (χ3n) is 5.69. The van der Waals surface area contributed by atoms with Crippen molar-refractivity contribution in [1.29, 1.82) is 0 Å². The SMILES string of the molecule is CCN1CCN(S(=O)(=O)c2c3c(c(OC)c4c2OCO4)CN(C)CC3)CC1. The molecule has 8 nitrogen and oxygen atoms in total. The summed E-state index contributed by atoms with van der Waals surface area (Å²) in [7, 11) is -0.0687. The summed E-state index contributed by atoms with van der Waals surface area (Å²) in [5.41, 5.74) is 1.70. The van der Waals surface area contributed by atoms with Crippen molar-refractivity contribution in [3.05, 3.63) is 11.1 Å². The van der Waals surface area contributed by atoms with E-state index in [9.17, 15) is 8.42 Å². The average molecular weight is 397 g/mol. The molecule has 0 unspecified atom stereocenters. The van der Waals surface area contributed by atoms with E-state index in [2.05, 4.69) is 16.7 Å². The highest BCUT2D eigenvalue weighted by molar-refractivity contribution is 7.89. The predicted molar refractivity (Wildman–Crippen MR) is 100 cm³/mol. The van der Waals surface area contributed by atoms with E-state index in [1.807, 2.05) is 7.05 Å². The van der Waals surface area contributed by atoms with Crippen LogP contribution in [0.25, 0.3) is 0 Å². The Morgan fingerprint density at radius 3 is 2.41 bits per heavy atom. The number of piperazine rings is 1. The maximum absolute atomic E-state index is 13.6. The van der Waals surface area contributed by atoms with E-state index in [0.717, 1.165) is 37.3 Å². The fraction of sp³-hybridized carbons (Fsp3) is 0.667. The first kappa shape index (κ1) is 18.8. The second-order valence-electron chi connectivity index (χ2n) is 7.21. The highest BCUT2D eigenvalue weighted by atomic mass is 32.2. The largest absolute Gasteiger partial charge is 0.492 e. The van der Waals surface area contributed by atoms with Gasteiger partial charge in [0.1, 0.15) is 4.90 Å². The Morgan fingerprint density at radius 1 is 1.04 bits per heavy atom. The van der Waals surface area contributed by atoms with Gasteiger partial charge < -0.3 is 24.0 Å². The molecule has 0 bridgehead atoms. The van der Waals surface area contributed by atoms with Crippen LogP contribution in [-0.2, 0) is 23.0 Å². The number of sulfonamides is 1. The summed E-state index contributed by atoms with van der Waals surface area (Å²) in [6, 6.07) is 0. The molecule has 1 fully saturated rings. The number of likely N-dealkylation sites (N-methyl/N-ethyl adjacent to an activating group) is 2. The first-order valence-electron chi connectivity index (χ1n) is 9.39. The molecule has 9 heteroatoms. The van der Waals surface area contributed by atoms with Crippen molar-refractivity contribution in [2.24, 2.45) is 0 Å². The third kappa shape index (κ3) is 3.06. The second-order valence-corrected chi connectivity index (χ2v) is 9.09. The van der Waals surface area contributed by atoms with E-state index in [1.54, 1.807) is 11.4 Å². The van der Waals surface area contributed by atoms with Crippen LogP contribution in [0.5, 0.6) is 17.2 Å². The molecule has 1 aromatic carbocycles. The first-order chi connectivity index (χ1) is 13.0. The van der Waals surface area contributed by atoms with Crippen molar-refractivity contribution in [2.45, 2.75) is 24.8 Å². The first-order valence-corrected chi connectivity index (χ1v) is 10.8. The van der Waals surface area contributed by atoms with Crippen molar-refractivity contribution in [2.75, 3.05) is 60.2 Å². The van der Waals surface area contributed by atoms with Gasteiger partial charge in [0.05, 0.1) is 7.11 Å². The molecule has 3 aliphatic rings. The van der Waals surface area contributed by atoms with Crippen LogP contribution >= 0.6 is 0 Å². The molecule has 0 spiro atoms. The van der Waals surface area contributed by atoms with Gasteiger partial charge in [-0.1, -0.05) is 6.92 Å². The summed E-state index contributed by atoms with van der Waals surface area (Å²) in [4.78, 5) is 4.70. The monoisotopic (exact) mass is 397 g/mol. The van der Waals surface area contributed by atoms with Crippen molar-refractivity contribution >= 4 is 10.0 Å². The van der Waals surface area contributed by atoms with Gasteiger partial charge in [-0.3, -0.25) is 0 Å². The molecular formula is C18H27N3O5S. The van der Waals surface area contributed by atoms with E-state index in [4.69, 9.17) is 14.2 Å². The van der Waals surface area contributed by atoms with Crippen LogP contribution in [0, 0.1) is 0 Å². The summed E-state index contributed by atoms with van der Waals surface area (Å²) >= 11 is 0. The number of rotatable bonds is 4. The topological polar surface area (TPSA) is 71.6 Å². The van der Waals surface area contributed by atoms with E-state index in [0.29, 0.717) is 43.3 Å². The van der Waals surface area contributed by atoms with E-state index in [1.165, 1.54) is 0 Å². The predicted octanol–water partition coefficient (Wildman–Crippen LogP) is 0.738. The molecule has 3 aliphatic heterocycles. The lowest BCUT2D eigenvalue weighted by Crippen LogP contribution is -2.48. The molecule has 0 aromatic heterocycles. The van der Waals surface area contributed by atoms with Crippen molar-refractivity contribution in [3.63, 3.8) is 0 Å². The molecular weight excluding hydrogens is 370 g/mol. The van der Waals surface area contributed by atoms with Gasteiger partial charge in [0, 0.05) is 44.8 Å². The van der Waals surface area contributed by atoms with Crippen LogP contribution in [0.2, 0.25) is 0 Å². The quantitative estimate of drug-likeness (QED) is 0.742. The van der Waals surface area contributed by atoms with Crippen LogP contribution in [0.15, 0.2) is 4.90 Å². The minimum absolute atomic E-state index is 0.0105. The average Bonchev–Trinajstić information content (AvgIpc) is 3.14. The van der Waals surface area contributed by atoms with E-state index in [-0.39, 0.29) is 11.7 Å². The zero-order valence-electron chi connectivity index (χ0n) is 16.2. The second kappa shape index (κ2) is 7.12. The molecule has 27 heavy (non-hydrogen) atoms. The maximum atomic E-state index is 13.6. The summed E-state index contributed by atoms with van der Waals surface area (Å²) in [6.07, 6.45) is 0.641. The molecule has 4 rings (SSSR count). The third-order valence-corrected chi connectivity index (χ3v) is 7.68. The highest BCUT2D eigenvalue weighted by Gasteiger charge is 2.40. The number of ether oxygens (including phenoxy) is 3. The highest BCUT2D eigenvalue weighted by Crippen LogP contribution is 2.51. The summed E-state index contributed by atoms with van der Waals surface area (Å²) < 4.78 is 45.7. The van der Waals surface area contributed by atoms with Crippen molar-refractivity contribution in [1.82, 2.24) is 14.1 Å². The van der Waals surface area contributed by atoms with Crippen molar-refractivity contribution in [3.8, 4) is 17.2 Å². The van der Waals surface area contributed by atoms with Gasteiger partial charge in [0.2, 0.25) is 22.6 Å². The van der Waals surface area contributed by atoms with Gasteiger partial charge in [0.25, 0.3) is 0 Å². The molecule has 0 atom stereocenters. The van der Waals surface area contributed by atoms with Crippen molar-refractivity contribution < 1.29 is 22.6 Å². The van der Waals surface area contributed by atoms with Crippen LogP contribution < -0.4 is 14.2 Å². The molecule has 1 saturated heterocycles. The molecule has 0 amide bonds. The van der Waals surface area contributed by atoms with Gasteiger partial charge >= 0.3 is 0 Å². The number of methoxy groups -OCH3 is 1. The lowest BCUT2D eigenvalue weighted by atomic mass is 9.97. The Kier molecular flexibility index (Phi) is 4.96. The fourth-order valence-electron chi connectivity index (χ4n) is 4.15. The smallest absolute Gasteiger partial charge is 0.247 e. The van der Waals surface area contributed by atoms with Crippen LogP contribution in [-0.4, -0.2) is 82.7 Å². The molecule has 0 N–H and O–H groups in total. The number of benzene rings is 1. The lowest BCUT2D eigenvalue weighted by Gasteiger charge is -2.35. The van der Waals surface area contributed by atoms with E-state index < -0.39 is 10.0 Å². The Hall–Kier alpha value is -1.55. The molecule has 0 aliphatic carbocycles. The number of fused-ring (bicyclic) bond motifs is 2. The zero-order chi connectivity index (χ0) is 19.2. The van der Waals surface area contributed by atoms with E-state index >= 15 is 0 Å². The van der Waals surface area contributed by atoms with Gasteiger partial charge in [-0.05, 0) is 25.6 Å². The summed E-state index contributed by atoms with van der Waals surface area (Å²) in [5, 5.41) is 0. The summed E-state index contributed by atoms with van der Waals surface area (Å²) in [5.74, 6) is 1.32. The minimum Gasteiger partial charge on any atom is -0.492 e.